The van der Waals surface area contributed by atoms with Crippen molar-refractivity contribution in [3.63, 3.8) is 0 Å². The molecule has 0 aromatic carbocycles. The molecule has 2 aliphatic rings. The summed E-state index contributed by atoms with van der Waals surface area (Å²) in [5, 5.41) is 2.76. The van der Waals surface area contributed by atoms with E-state index in [4.69, 9.17) is 5.73 Å². The lowest BCUT2D eigenvalue weighted by Gasteiger charge is -2.27. The number of hydrogen-bond acceptors (Lipinski definition) is 4. The molecule has 1 saturated heterocycles. The number of rotatable bonds is 6. The number of likely N-dealkylation sites (tertiary alicyclic amines) is 1. The van der Waals surface area contributed by atoms with Gasteiger partial charge in [0.15, 0.2) is 0 Å². The highest BCUT2D eigenvalue weighted by atomic mass is 16.2. The normalized spacial score (nSPS) is 25.3. The number of carbonyl (C=O) groups is 3. The summed E-state index contributed by atoms with van der Waals surface area (Å²) in [4.78, 5) is 37.8. The maximum atomic E-state index is 12.3. The quantitative estimate of drug-likeness (QED) is 0.710. The minimum Gasteiger partial charge on any atom is -0.353 e. The molecule has 0 bridgehead atoms. The van der Waals surface area contributed by atoms with Gasteiger partial charge < -0.3 is 11.1 Å². The monoisotopic (exact) mass is 309 g/mol. The Kier molecular flexibility index (Phi) is 5.21. The van der Waals surface area contributed by atoms with E-state index in [0.29, 0.717) is 6.54 Å². The van der Waals surface area contributed by atoms with E-state index in [-0.39, 0.29) is 36.1 Å². The maximum Gasteiger partial charge on any atom is 0.240 e. The Bertz CT molecular complexity index is 436. The molecule has 2 unspecified atom stereocenters. The summed E-state index contributed by atoms with van der Waals surface area (Å²) in [6, 6.07) is 0. The van der Waals surface area contributed by atoms with E-state index >= 15 is 0 Å². The van der Waals surface area contributed by atoms with Gasteiger partial charge in [0, 0.05) is 12.1 Å². The third kappa shape index (κ3) is 3.32. The highest BCUT2D eigenvalue weighted by Gasteiger charge is 2.48. The molecule has 2 atom stereocenters. The summed E-state index contributed by atoms with van der Waals surface area (Å²) < 4.78 is 0. The molecule has 3 N–H and O–H groups in total. The molecule has 1 aliphatic carbocycles. The van der Waals surface area contributed by atoms with Crippen LogP contribution in [0.3, 0.4) is 0 Å². The van der Waals surface area contributed by atoms with Crippen molar-refractivity contribution < 1.29 is 14.4 Å². The summed E-state index contributed by atoms with van der Waals surface area (Å²) in [7, 11) is 0. The van der Waals surface area contributed by atoms with Gasteiger partial charge in [-0.3, -0.25) is 19.3 Å². The maximum absolute atomic E-state index is 12.3. The topological polar surface area (TPSA) is 92.5 Å². The Labute approximate surface area is 131 Å². The van der Waals surface area contributed by atoms with Gasteiger partial charge in [-0.1, -0.05) is 26.7 Å². The smallest absolute Gasteiger partial charge is 0.240 e. The Morgan fingerprint density at radius 3 is 2.14 bits per heavy atom. The van der Waals surface area contributed by atoms with Gasteiger partial charge in [-0.2, -0.15) is 0 Å². The predicted octanol–water partition coefficient (Wildman–Crippen LogP) is 0.795. The second-order valence-electron chi connectivity index (χ2n) is 6.61. The van der Waals surface area contributed by atoms with Crippen LogP contribution < -0.4 is 11.1 Å². The first-order chi connectivity index (χ1) is 10.4. The van der Waals surface area contributed by atoms with Crippen LogP contribution in [0.25, 0.3) is 0 Å². The van der Waals surface area contributed by atoms with E-state index in [1.54, 1.807) is 0 Å². The molecule has 3 amide bonds. The average Bonchev–Trinajstić information content (AvgIpc) is 2.78. The molecule has 6 nitrogen and oxygen atoms in total. The van der Waals surface area contributed by atoms with Crippen molar-refractivity contribution in [3.05, 3.63) is 0 Å². The number of hydrogen-bond donors (Lipinski definition) is 2. The first kappa shape index (κ1) is 16.9. The van der Waals surface area contributed by atoms with Crippen molar-refractivity contribution in [1.29, 1.82) is 0 Å². The van der Waals surface area contributed by atoms with Gasteiger partial charge >= 0.3 is 0 Å². The van der Waals surface area contributed by atoms with Crippen molar-refractivity contribution in [1.82, 2.24) is 10.2 Å². The van der Waals surface area contributed by atoms with Gasteiger partial charge in [0.1, 0.15) is 6.54 Å². The van der Waals surface area contributed by atoms with E-state index in [1.807, 2.05) is 13.8 Å². The Morgan fingerprint density at radius 2 is 1.68 bits per heavy atom. The van der Waals surface area contributed by atoms with E-state index in [9.17, 15) is 14.4 Å². The zero-order chi connectivity index (χ0) is 16.3. The molecular weight excluding hydrogens is 282 g/mol. The van der Waals surface area contributed by atoms with Crippen molar-refractivity contribution in [2.75, 3.05) is 13.1 Å². The van der Waals surface area contributed by atoms with Gasteiger partial charge in [-0.25, -0.2) is 0 Å². The highest BCUT2D eigenvalue weighted by molar-refractivity contribution is 6.07. The summed E-state index contributed by atoms with van der Waals surface area (Å²) in [6.07, 6.45) is 5.03. The van der Waals surface area contributed by atoms with Crippen LogP contribution in [-0.2, 0) is 14.4 Å². The molecule has 1 saturated carbocycles. The lowest BCUT2D eigenvalue weighted by atomic mass is 9.81. The molecule has 124 valence electrons. The van der Waals surface area contributed by atoms with Gasteiger partial charge in [-0.15, -0.1) is 0 Å². The Hall–Kier alpha value is -1.43. The minimum atomic E-state index is -0.428. The largest absolute Gasteiger partial charge is 0.353 e. The van der Waals surface area contributed by atoms with Crippen molar-refractivity contribution in [3.8, 4) is 0 Å². The fraction of sp³-hybridized carbons (Fsp3) is 0.812. The molecule has 0 radical (unpaired) electrons. The second-order valence-corrected chi connectivity index (χ2v) is 6.61. The molecule has 1 heterocycles. The first-order valence-electron chi connectivity index (χ1n) is 8.32. The molecule has 0 aromatic rings. The summed E-state index contributed by atoms with van der Waals surface area (Å²) >= 11 is 0. The van der Waals surface area contributed by atoms with Crippen molar-refractivity contribution in [2.45, 2.75) is 57.9 Å². The third-order valence-corrected chi connectivity index (χ3v) is 5.28. The summed E-state index contributed by atoms with van der Waals surface area (Å²) in [5.74, 6) is -1.05. The number of imide groups is 1. The summed E-state index contributed by atoms with van der Waals surface area (Å²) in [6.45, 7) is 4.15. The van der Waals surface area contributed by atoms with E-state index in [2.05, 4.69) is 5.32 Å². The van der Waals surface area contributed by atoms with Gasteiger partial charge in [-0.05, 0) is 25.7 Å². The Balaban J connectivity index is 1.91. The number of nitrogens with two attached hydrogens (primary N) is 1. The van der Waals surface area contributed by atoms with Gasteiger partial charge in [0.25, 0.3) is 0 Å². The molecule has 1 aliphatic heterocycles. The van der Waals surface area contributed by atoms with Crippen LogP contribution >= 0.6 is 0 Å². The third-order valence-electron chi connectivity index (χ3n) is 5.28. The van der Waals surface area contributed by atoms with Crippen LogP contribution in [0.2, 0.25) is 0 Å². The number of carbonyl (C=O) groups excluding carboxylic acids is 3. The van der Waals surface area contributed by atoms with E-state index in [1.165, 1.54) is 0 Å². The van der Waals surface area contributed by atoms with E-state index in [0.717, 1.165) is 43.4 Å². The standard InChI is InChI=1S/C16H27N3O3/c1-3-16(17,4-2)10-18-13(20)9-19-14(21)11-7-5-6-8-12(11)15(19)22/h11-12H,3-10,17H2,1-2H3,(H,18,20). The lowest BCUT2D eigenvalue weighted by Crippen LogP contribution is -2.51. The molecule has 0 aromatic heterocycles. The predicted molar refractivity (Wildman–Crippen MR) is 82.7 cm³/mol. The van der Waals surface area contributed by atoms with Crippen LogP contribution in [0.1, 0.15) is 52.4 Å². The minimum absolute atomic E-state index is 0.171. The average molecular weight is 309 g/mol. The lowest BCUT2D eigenvalue weighted by molar-refractivity contribution is -0.143. The summed E-state index contributed by atoms with van der Waals surface area (Å²) in [5.41, 5.74) is 5.71. The zero-order valence-electron chi connectivity index (χ0n) is 13.6. The van der Waals surface area contributed by atoms with Gasteiger partial charge in [0.2, 0.25) is 17.7 Å². The second kappa shape index (κ2) is 6.77. The number of nitrogens with one attached hydrogen (secondary N) is 1. The fourth-order valence-corrected chi connectivity index (χ4v) is 3.36. The fourth-order valence-electron chi connectivity index (χ4n) is 3.36. The van der Waals surface area contributed by atoms with Crippen LogP contribution in [-0.4, -0.2) is 41.2 Å². The van der Waals surface area contributed by atoms with E-state index < -0.39 is 5.54 Å². The van der Waals surface area contributed by atoms with Crippen LogP contribution in [0.4, 0.5) is 0 Å². The number of amides is 3. The zero-order valence-corrected chi connectivity index (χ0v) is 13.6. The molecule has 2 fully saturated rings. The van der Waals surface area contributed by atoms with Crippen LogP contribution in [0.5, 0.6) is 0 Å². The van der Waals surface area contributed by atoms with Crippen LogP contribution in [0.15, 0.2) is 0 Å². The molecular formula is C16H27N3O3. The SMILES string of the molecule is CCC(N)(CC)CNC(=O)CN1C(=O)C2CCCCC2C1=O. The Morgan fingerprint density at radius 1 is 1.18 bits per heavy atom. The first-order valence-corrected chi connectivity index (χ1v) is 8.32. The number of fused-ring (bicyclic) bond motifs is 1. The molecule has 0 spiro atoms. The highest BCUT2D eigenvalue weighted by Crippen LogP contribution is 2.37. The molecule has 22 heavy (non-hydrogen) atoms. The van der Waals surface area contributed by atoms with Gasteiger partial charge in [0.05, 0.1) is 11.8 Å². The van der Waals surface area contributed by atoms with Crippen molar-refractivity contribution in [2.24, 2.45) is 17.6 Å². The van der Waals surface area contributed by atoms with Crippen LogP contribution in [0, 0.1) is 11.8 Å². The number of nitrogens with zero attached hydrogens (tertiary/aromatic N) is 1. The molecule has 2 rings (SSSR count). The van der Waals surface area contributed by atoms with Crippen molar-refractivity contribution >= 4 is 17.7 Å². The molecule has 6 heteroatoms.